The van der Waals surface area contributed by atoms with E-state index in [1.165, 1.54) is 53.5 Å². The van der Waals surface area contributed by atoms with Crippen molar-refractivity contribution in [1.82, 2.24) is 4.98 Å². The van der Waals surface area contributed by atoms with E-state index in [0.29, 0.717) is 5.92 Å². The number of hydrogen-bond donors (Lipinski definition) is 0. The Bertz CT molecular complexity index is 665. The number of aryl methyl sites for hydroxylation is 1. The summed E-state index contributed by atoms with van der Waals surface area (Å²) in [5, 5.41) is 1.28. The fraction of sp³-hybridized carbons (Fsp3) is 0.421. The molecule has 0 radical (unpaired) electrons. The van der Waals surface area contributed by atoms with Gasteiger partial charge in [-0.1, -0.05) is 26.0 Å². The van der Waals surface area contributed by atoms with Gasteiger partial charge in [0.05, 0.1) is 5.52 Å². The second kappa shape index (κ2) is 5.40. The normalized spacial score (nSPS) is 15.7. The van der Waals surface area contributed by atoms with Gasteiger partial charge in [0, 0.05) is 11.1 Å². The Kier molecular flexibility index (Phi) is 3.60. The predicted molar refractivity (Wildman–Crippen MR) is 87.0 cm³/mol. The zero-order chi connectivity index (χ0) is 14.1. The zero-order valence-electron chi connectivity index (χ0n) is 12.7. The fourth-order valence-corrected chi connectivity index (χ4v) is 3.06. The molecule has 0 saturated carbocycles. The summed E-state index contributed by atoms with van der Waals surface area (Å²) in [5.41, 5.74) is 6.54. The van der Waals surface area contributed by atoms with Crippen LogP contribution in [0.1, 0.15) is 62.3 Å². The summed E-state index contributed by atoms with van der Waals surface area (Å²) in [6.45, 7) is 6.63. The summed E-state index contributed by atoms with van der Waals surface area (Å²) < 4.78 is 0. The molecule has 0 unspecified atom stereocenters. The summed E-state index contributed by atoms with van der Waals surface area (Å²) in [4.78, 5) is 4.81. The fourth-order valence-electron chi connectivity index (χ4n) is 3.06. The first-order chi connectivity index (χ1) is 9.65. The van der Waals surface area contributed by atoms with Gasteiger partial charge in [-0.2, -0.15) is 0 Å². The standard InChI is InChI=1S/C19H23N/c1-13(2)16-9-10-19-17(11-16)12-18(14(3)20-19)15-7-5-4-6-8-15/h7,9-13H,4-6,8H2,1-3H3. The van der Waals surface area contributed by atoms with Crippen LogP contribution in [0, 0.1) is 6.92 Å². The van der Waals surface area contributed by atoms with Gasteiger partial charge in [-0.25, -0.2) is 0 Å². The van der Waals surface area contributed by atoms with E-state index in [1.54, 1.807) is 0 Å². The van der Waals surface area contributed by atoms with Crippen LogP contribution in [0.15, 0.2) is 30.3 Å². The number of allylic oxidation sites excluding steroid dienone is 2. The first-order valence-corrected chi connectivity index (χ1v) is 7.76. The van der Waals surface area contributed by atoms with Crippen molar-refractivity contribution in [2.75, 3.05) is 0 Å². The average molecular weight is 265 g/mol. The van der Waals surface area contributed by atoms with Crippen LogP contribution in [0.25, 0.3) is 16.5 Å². The van der Waals surface area contributed by atoms with Crippen molar-refractivity contribution in [2.24, 2.45) is 0 Å². The largest absolute Gasteiger partial charge is 0.253 e. The predicted octanol–water partition coefficient (Wildman–Crippen LogP) is 5.62. The van der Waals surface area contributed by atoms with Gasteiger partial charge in [-0.3, -0.25) is 4.98 Å². The molecular formula is C19H23N. The molecule has 1 aliphatic carbocycles. The van der Waals surface area contributed by atoms with E-state index in [1.807, 2.05) is 0 Å². The Balaban J connectivity index is 2.13. The molecular weight excluding hydrogens is 242 g/mol. The monoisotopic (exact) mass is 265 g/mol. The molecule has 2 aromatic rings. The summed E-state index contributed by atoms with van der Waals surface area (Å²) in [6, 6.07) is 9.02. The SMILES string of the molecule is Cc1nc2ccc(C(C)C)cc2cc1C1=CCCCC1. The lowest BCUT2D eigenvalue weighted by Crippen LogP contribution is -1.98. The third-order valence-corrected chi connectivity index (χ3v) is 4.33. The number of benzene rings is 1. The van der Waals surface area contributed by atoms with Crippen LogP contribution in [0.4, 0.5) is 0 Å². The molecule has 0 aliphatic heterocycles. The molecule has 1 nitrogen and oxygen atoms in total. The van der Waals surface area contributed by atoms with Crippen molar-refractivity contribution in [3.05, 3.63) is 47.2 Å². The quantitative estimate of drug-likeness (QED) is 0.686. The van der Waals surface area contributed by atoms with Crippen molar-refractivity contribution in [3.63, 3.8) is 0 Å². The molecule has 0 spiro atoms. The van der Waals surface area contributed by atoms with E-state index < -0.39 is 0 Å². The third-order valence-electron chi connectivity index (χ3n) is 4.33. The zero-order valence-corrected chi connectivity index (χ0v) is 12.7. The van der Waals surface area contributed by atoms with Gasteiger partial charge in [0.25, 0.3) is 0 Å². The maximum absolute atomic E-state index is 4.81. The summed E-state index contributed by atoms with van der Waals surface area (Å²) in [5.74, 6) is 0.568. The number of pyridine rings is 1. The maximum Gasteiger partial charge on any atom is 0.0705 e. The smallest absolute Gasteiger partial charge is 0.0705 e. The Morgan fingerprint density at radius 2 is 1.95 bits per heavy atom. The molecule has 1 aliphatic rings. The first-order valence-electron chi connectivity index (χ1n) is 7.76. The van der Waals surface area contributed by atoms with E-state index >= 15 is 0 Å². The Hall–Kier alpha value is -1.63. The minimum atomic E-state index is 0.568. The van der Waals surface area contributed by atoms with Crippen LogP contribution < -0.4 is 0 Å². The van der Waals surface area contributed by atoms with Gasteiger partial charge in [-0.05, 0) is 73.4 Å². The molecule has 0 saturated heterocycles. The molecule has 0 amide bonds. The van der Waals surface area contributed by atoms with Gasteiger partial charge in [0.2, 0.25) is 0 Å². The molecule has 1 aromatic carbocycles. The van der Waals surface area contributed by atoms with E-state index in [9.17, 15) is 0 Å². The van der Waals surface area contributed by atoms with Crippen LogP contribution in [-0.4, -0.2) is 4.98 Å². The van der Waals surface area contributed by atoms with E-state index in [0.717, 1.165) is 5.52 Å². The van der Waals surface area contributed by atoms with Gasteiger partial charge >= 0.3 is 0 Å². The number of rotatable bonds is 2. The number of aromatic nitrogens is 1. The molecule has 1 heterocycles. The summed E-state index contributed by atoms with van der Waals surface area (Å²) >= 11 is 0. The van der Waals surface area contributed by atoms with Crippen molar-refractivity contribution < 1.29 is 0 Å². The van der Waals surface area contributed by atoms with Crippen molar-refractivity contribution in [2.45, 2.75) is 52.4 Å². The lowest BCUT2D eigenvalue weighted by Gasteiger charge is -2.16. The van der Waals surface area contributed by atoms with Gasteiger partial charge in [-0.15, -0.1) is 0 Å². The summed E-state index contributed by atoms with van der Waals surface area (Å²) in [6.07, 6.45) is 7.48. The highest BCUT2D eigenvalue weighted by molar-refractivity contribution is 5.84. The minimum absolute atomic E-state index is 0.568. The van der Waals surface area contributed by atoms with Crippen LogP contribution >= 0.6 is 0 Å². The molecule has 1 heteroatoms. The van der Waals surface area contributed by atoms with E-state index in [2.05, 4.69) is 51.1 Å². The molecule has 20 heavy (non-hydrogen) atoms. The third kappa shape index (κ3) is 2.49. The second-order valence-electron chi connectivity index (χ2n) is 6.20. The molecule has 0 N–H and O–H groups in total. The molecule has 0 atom stereocenters. The van der Waals surface area contributed by atoms with Crippen LogP contribution in [-0.2, 0) is 0 Å². The van der Waals surface area contributed by atoms with Crippen LogP contribution in [0.3, 0.4) is 0 Å². The lowest BCUT2D eigenvalue weighted by atomic mass is 9.91. The Labute approximate surface area is 121 Å². The van der Waals surface area contributed by atoms with Gasteiger partial charge in [0.15, 0.2) is 0 Å². The van der Waals surface area contributed by atoms with Crippen molar-refractivity contribution in [1.29, 1.82) is 0 Å². The topological polar surface area (TPSA) is 12.9 Å². The second-order valence-corrected chi connectivity index (χ2v) is 6.20. The highest BCUT2D eigenvalue weighted by atomic mass is 14.7. The molecule has 1 aromatic heterocycles. The van der Waals surface area contributed by atoms with Gasteiger partial charge < -0.3 is 0 Å². The highest BCUT2D eigenvalue weighted by Crippen LogP contribution is 2.31. The Morgan fingerprint density at radius 1 is 1.10 bits per heavy atom. The van der Waals surface area contributed by atoms with E-state index in [-0.39, 0.29) is 0 Å². The van der Waals surface area contributed by atoms with Crippen LogP contribution in [0.5, 0.6) is 0 Å². The minimum Gasteiger partial charge on any atom is -0.253 e. The molecule has 3 rings (SSSR count). The summed E-state index contributed by atoms with van der Waals surface area (Å²) in [7, 11) is 0. The first kappa shape index (κ1) is 13.4. The van der Waals surface area contributed by atoms with Crippen molar-refractivity contribution in [3.8, 4) is 0 Å². The van der Waals surface area contributed by atoms with Gasteiger partial charge in [0.1, 0.15) is 0 Å². The molecule has 104 valence electrons. The number of hydrogen-bond acceptors (Lipinski definition) is 1. The lowest BCUT2D eigenvalue weighted by molar-refractivity contribution is 0.741. The molecule has 0 fully saturated rings. The number of fused-ring (bicyclic) bond motifs is 1. The molecule has 0 bridgehead atoms. The van der Waals surface area contributed by atoms with E-state index in [4.69, 9.17) is 4.98 Å². The number of nitrogens with zero attached hydrogens (tertiary/aromatic N) is 1. The maximum atomic E-state index is 4.81. The Morgan fingerprint density at radius 3 is 2.65 bits per heavy atom. The van der Waals surface area contributed by atoms with Crippen LogP contribution in [0.2, 0.25) is 0 Å². The highest BCUT2D eigenvalue weighted by Gasteiger charge is 2.11. The average Bonchev–Trinajstić information content (AvgIpc) is 2.47. The van der Waals surface area contributed by atoms with Crippen molar-refractivity contribution >= 4 is 16.5 Å².